The molecule has 1 aliphatic heterocycles. The molecule has 110 valence electrons. The lowest BCUT2D eigenvalue weighted by Crippen LogP contribution is -2.28. The Morgan fingerprint density at radius 3 is 2.55 bits per heavy atom. The van der Waals surface area contributed by atoms with Gasteiger partial charge in [-0.2, -0.15) is 0 Å². The van der Waals surface area contributed by atoms with Crippen LogP contribution in [-0.2, 0) is 15.4 Å². The van der Waals surface area contributed by atoms with Gasteiger partial charge >= 0.3 is 0 Å². The lowest BCUT2D eigenvalue weighted by atomic mass is 9.82. The van der Waals surface area contributed by atoms with Gasteiger partial charge in [-0.05, 0) is 37.1 Å². The van der Waals surface area contributed by atoms with Crippen molar-refractivity contribution in [2.45, 2.75) is 44.4 Å². The SMILES string of the molecule is CCCN(C)S(=O)(=O)c1ccc2c(c1)C(C)(C)C(C)=N2. The first kappa shape index (κ1) is 15.2. The van der Waals surface area contributed by atoms with Gasteiger partial charge in [-0.15, -0.1) is 0 Å². The Morgan fingerprint density at radius 2 is 1.95 bits per heavy atom. The predicted octanol–water partition coefficient (Wildman–Crippen LogP) is 3.10. The van der Waals surface area contributed by atoms with E-state index in [9.17, 15) is 8.42 Å². The highest BCUT2D eigenvalue weighted by Crippen LogP contribution is 2.41. The molecule has 0 aliphatic carbocycles. The number of hydrogen-bond donors (Lipinski definition) is 0. The van der Waals surface area contributed by atoms with E-state index in [0.717, 1.165) is 23.4 Å². The summed E-state index contributed by atoms with van der Waals surface area (Å²) in [6, 6.07) is 5.23. The molecule has 1 heterocycles. The van der Waals surface area contributed by atoms with E-state index in [0.29, 0.717) is 11.4 Å². The second-order valence-electron chi connectivity index (χ2n) is 5.83. The van der Waals surface area contributed by atoms with Crippen molar-refractivity contribution in [2.24, 2.45) is 4.99 Å². The summed E-state index contributed by atoms with van der Waals surface area (Å²) in [4.78, 5) is 4.87. The molecule has 2 rings (SSSR count). The van der Waals surface area contributed by atoms with Crippen molar-refractivity contribution in [3.05, 3.63) is 23.8 Å². The molecule has 0 amide bonds. The second-order valence-corrected chi connectivity index (χ2v) is 7.87. The van der Waals surface area contributed by atoms with Crippen LogP contribution in [-0.4, -0.2) is 32.0 Å². The topological polar surface area (TPSA) is 49.7 Å². The van der Waals surface area contributed by atoms with E-state index in [-0.39, 0.29) is 5.41 Å². The van der Waals surface area contributed by atoms with Crippen molar-refractivity contribution >= 4 is 21.4 Å². The number of rotatable bonds is 4. The quantitative estimate of drug-likeness (QED) is 0.856. The minimum Gasteiger partial charge on any atom is -0.257 e. The highest BCUT2D eigenvalue weighted by molar-refractivity contribution is 7.89. The van der Waals surface area contributed by atoms with Crippen LogP contribution in [0.15, 0.2) is 28.1 Å². The van der Waals surface area contributed by atoms with E-state index in [1.54, 1.807) is 25.2 Å². The van der Waals surface area contributed by atoms with Crippen molar-refractivity contribution in [1.29, 1.82) is 0 Å². The number of fused-ring (bicyclic) bond motifs is 1. The van der Waals surface area contributed by atoms with Gasteiger partial charge in [-0.3, -0.25) is 4.99 Å². The van der Waals surface area contributed by atoms with Crippen LogP contribution < -0.4 is 0 Å². The number of benzene rings is 1. The van der Waals surface area contributed by atoms with Crippen LogP contribution in [0.25, 0.3) is 0 Å². The Balaban J connectivity index is 2.48. The van der Waals surface area contributed by atoms with Crippen LogP contribution in [0.5, 0.6) is 0 Å². The monoisotopic (exact) mass is 294 g/mol. The zero-order valence-corrected chi connectivity index (χ0v) is 13.6. The first-order chi connectivity index (χ1) is 9.21. The molecule has 0 bridgehead atoms. The Bertz CT molecular complexity index is 660. The number of sulfonamides is 1. The van der Waals surface area contributed by atoms with E-state index in [1.165, 1.54) is 4.31 Å². The van der Waals surface area contributed by atoms with Crippen LogP contribution in [0.4, 0.5) is 5.69 Å². The zero-order chi connectivity index (χ0) is 15.1. The summed E-state index contributed by atoms with van der Waals surface area (Å²) in [5, 5.41) is 0. The zero-order valence-electron chi connectivity index (χ0n) is 12.8. The molecule has 4 nitrogen and oxygen atoms in total. The average Bonchev–Trinajstić information content (AvgIpc) is 2.60. The molecule has 0 N–H and O–H groups in total. The third-order valence-corrected chi connectivity index (χ3v) is 5.93. The first-order valence-electron chi connectivity index (χ1n) is 6.88. The van der Waals surface area contributed by atoms with Gasteiger partial charge in [0.15, 0.2) is 0 Å². The van der Waals surface area contributed by atoms with Crippen LogP contribution in [0, 0.1) is 0 Å². The summed E-state index contributed by atoms with van der Waals surface area (Å²) in [6.07, 6.45) is 0.800. The van der Waals surface area contributed by atoms with Gasteiger partial charge in [0.2, 0.25) is 10.0 Å². The fraction of sp³-hybridized carbons (Fsp3) is 0.533. The summed E-state index contributed by atoms with van der Waals surface area (Å²) in [7, 11) is -1.78. The molecule has 0 radical (unpaired) electrons. The molecule has 1 aromatic rings. The molecular weight excluding hydrogens is 272 g/mol. The normalized spacial score (nSPS) is 17.2. The fourth-order valence-corrected chi connectivity index (χ4v) is 3.69. The molecule has 1 aromatic carbocycles. The van der Waals surface area contributed by atoms with E-state index in [4.69, 9.17) is 0 Å². The van der Waals surface area contributed by atoms with Gasteiger partial charge in [-0.1, -0.05) is 20.8 Å². The minimum absolute atomic E-state index is 0.204. The Labute approximate surface area is 121 Å². The molecule has 1 aliphatic rings. The maximum atomic E-state index is 12.5. The maximum Gasteiger partial charge on any atom is 0.242 e. The Morgan fingerprint density at radius 1 is 1.30 bits per heavy atom. The smallest absolute Gasteiger partial charge is 0.242 e. The predicted molar refractivity (Wildman–Crippen MR) is 82.3 cm³/mol. The molecular formula is C15H22N2O2S. The standard InChI is InChI=1S/C15H22N2O2S/c1-6-9-17(5)20(18,19)12-7-8-14-13(10-12)15(3,4)11(2)16-14/h7-8,10H,6,9H2,1-5H3. The van der Waals surface area contributed by atoms with Gasteiger partial charge in [0, 0.05) is 24.7 Å². The van der Waals surface area contributed by atoms with Gasteiger partial charge in [0.05, 0.1) is 10.6 Å². The molecule has 20 heavy (non-hydrogen) atoms. The molecule has 5 heteroatoms. The summed E-state index contributed by atoms with van der Waals surface area (Å²) in [6.45, 7) is 8.62. The average molecular weight is 294 g/mol. The van der Waals surface area contributed by atoms with E-state index in [2.05, 4.69) is 18.8 Å². The molecule has 0 spiro atoms. The van der Waals surface area contributed by atoms with Crippen LogP contribution in [0.2, 0.25) is 0 Å². The fourth-order valence-electron chi connectivity index (χ4n) is 2.40. The second kappa shape index (κ2) is 4.97. The molecule has 0 saturated heterocycles. The van der Waals surface area contributed by atoms with Gasteiger partial charge in [0.1, 0.15) is 0 Å². The van der Waals surface area contributed by atoms with E-state index < -0.39 is 10.0 Å². The summed E-state index contributed by atoms with van der Waals surface area (Å²) in [5.41, 5.74) is 2.68. The number of hydrogen-bond acceptors (Lipinski definition) is 3. The highest BCUT2D eigenvalue weighted by Gasteiger charge is 2.33. The van der Waals surface area contributed by atoms with Crippen molar-refractivity contribution in [2.75, 3.05) is 13.6 Å². The molecule has 0 unspecified atom stereocenters. The van der Waals surface area contributed by atoms with Crippen molar-refractivity contribution in [1.82, 2.24) is 4.31 Å². The summed E-state index contributed by atoms with van der Waals surface area (Å²) in [5.74, 6) is 0. The van der Waals surface area contributed by atoms with Gasteiger partial charge in [-0.25, -0.2) is 12.7 Å². The maximum absolute atomic E-state index is 12.5. The van der Waals surface area contributed by atoms with Crippen molar-refractivity contribution < 1.29 is 8.42 Å². The number of aliphatic imine (C=N–C) groups is 1. The first-order valence-corrected chi connectivity index (χ1v) is 8.32. The summed E-state index contributed by atoms with van der Waals surface area (Å²) < 4.78 is 26.4. The van der Waals surface area contributed by atoms with Gasteiger partial charge in [0.25, 0.3) is 0 Å². The summed E-state index contributed by atoms with van der Waals surface area (Å²) >= 11 is 0. The highest BCUT2D eigenvalue weighted by atomic mass is 32.2. The van der Waals surface area contributed by atoms with Crippen LogP contribution in [0.1, 0.15) is 39.7 Å². The third-order valence-electron chi connectivity index (χ3n) is 4.08. The van der Waals surface area contributed by atoms with Crippen molar-refractivity contribution in [3.63, 3.8) is 0 Å². The van der Waals surface area contributed by atoms with Gasteiger partial charge < -0.3 is 0 Å². The lowest BCUT2D eigenvalue weighted by molar-refractivity contribution is 0.468. The lowest BCUT2D eigenvalue weighted by Gasteiger charge is -2.22. The molecule has 0 saturated carbocycles. The largest absolute Gasteiger partial charge is 0.257 e. The molecule has 0 aromatic heterocycles. The van der Waals surface area contributed by atoms with Crippen molar-refractivity contribution in [3.8, 4) is 0 Å². The minimum atomic E-state index is -3.41. The Kier molecular flexibility index (Phi) is 3.77. The van der Waals surface area contributed by atoms with Crippen LogP contribution >= 0.6 is 0 Å². The number of nitrogens with zero attached hydrogens (tertiary/aromatic N) is 2. The molecule has 0 atom stereocenters. The third kappa shape index (κ3) is 2.29. The molecule has 0 fully saturated rings. The van der Waals surface area contributed by atoms with E-state index >= 15 is 0 Å². The van der Waals surface area contributed by atoms with E-state index in [1.807, 2.05) is 13.8 Å². The Hall–Kier alpha value is -1.20. The van der Waals surface area contributed by atoms with Crippen LogP contribution in [0.3, 0.4) is 0 Å².